The molecule has 3 fully saturated rings. The van der Waals surface area contributed by atoms with Crippen molar-refractivity contribution in [3.63, 3.8) is 0 Å². The van der Waals surface area contributed by atoms with E-state index < -0.39 is 0 Å². The highest BCUT2D eigenvalue weighted by Gasteiger charge is 2.46. The van der Waals surface area contributed by atoms with E-state index in [1.54, 1.807) is 0 Å². The lowest BCUT2D eigenvalue weighted by molar-refractivity contribution is 0.111. The van der Waals surface area contributed by atoms with Crippen LogP contribution in [-0.4, -0.2) is 55.6 Å². The van der Waals surface area contributed by atoms with E-state index >= 15 is 0 Å². The van der Waals surface area contributed by atoms with Gasteiger partial charge in [-0.3, -0.25) is 0 Å². The lowest BCUT2D eigenvalue weighted by atomic mass is 9.84. The first-order valence-electron chi connectivity index (χ1n) is 7.79. The summed E-state index contributed by atoms with van der Waals surface area (Å²) in [6.45, 7) is 3.84. The van der Waals surface area contributed by atoms with Crippen LogP contribution in [0.5, 0.6) is 0 Å². The molecule has 18 heavy (non-hydrogen) atoms. The van der Waals surface area contributed by atoms with Crippen molar-refractivity contribution in [1.82, 2.24) is 9.80 Å². The Morgan fingerprint density at radius 3 is 2.28 bits per heavy atom. The predicted octanol–water partition coefficient (Wildman–Crippen LogP) is 1.39. The number of hydrogen-bond acceptors (Lipinski definition) is 3. The third-order valence-electron chi connectivity index (χ3n) is 5.91. The predicted molar refractivity (Wildman–Crippen MR) is 75.4 cm³/mol. The first kappa shape index (κ1) is 12.9. The molecule has 2 aliphatic carbocycles. The molecule has 1 heterocycles. The number of likely N-dealkylation sites (tertiary alicyclic amines) is 1. The van der Waals surface area contributed by atoms with Crippen LogP contribution in [0.4, 0.5) is 0 Å². The normalized spacial score (nSPS) is 42.0. The van der Waals surface area contributed by atoms with Crippen LogP contribution in [0.2, 0.25) is 0 Å². The Morgan fingerprint density at radius 1 is 1.06 bits per heavy atom. The van der Waals surface area contributed by atoms with Gasteiger partial charge in [-0.25, -0.2) is 0 Å². The Bertz CT molecular complexity index is 281. The zero-order chi connectivity index (χ0) is 12.7. The third-order valence-corrected chi connectivity index (χ3v) is 5.91. The lowest BCUT2D eigenvalue weighted by Crippen LogP contribution is -2.47. The van der Waals surface area contributed by atoms with Crippen LogP contribution in [0, 0.1) is 17.8 Å². The molecule has 4 atom stereocenters. The van der Waals surface area contributed by atoms with Gasteiger partial charge in [0.1, 0.15) is 0 Å². The van der Waals surface area contributed by atoms with Crippen molar-refractivity contribution in [3.8, 4) is 0 Å². The first-order valence-corrected chi connectivity index (χ1v) is 7.79. The second kappa shape index (κ2) is 5.10. The average molecular weight is 251 g/mol. The zero-order valence-electron chi connectivity index (χ0n) is 12.0. The molecule has 2 saturated carbocycles. The van der Waals surface area contributed by atoms with Gasteiger partial charge in [0.05, 0.1) is 0 Å². The molecule has 104 valence electrons. The summed E-state index contributed by atoms with van der Waals surface area (Å²) in [5, 5.41) is 0. The lowest BCUT2D eigenvalue weighted by Gasteiger charge is -2.39. The first-order chi connectivity index (χ1) is 8.65. The number of piperidine rings is 1. The van der Waals surface area contributed by atoms with Crippen molar-refractivity contribution < 1.29 is 0 Å². The van der Waals surface area contributed by atoms with Crippen molar-refractivity contribution in [2.24, 2.45) is 23.5 Å². The summed E-state index contributed by atoms with van der Waals surface area (Å²) in [6, 6.07) is 1.31. The van der Waals surface area contributed by atoms with E-state index in [2.05, 4.69) is 23.9 Å². The van der Waals surface area contributed by atoms with Gasteiger partial charge in [-0.15, -0.1) is 0 Å². The minimum Gasteiger partial charge on any atom is -0.327 e. The van der Waals surface area contributed by atoms with Crippen molar-refractivity contribution in [2.45, 2.75) is 44.2 Å². The van der Waals surface area contributed by atoms with E-state index in [0.717, 1.165) is 23.8 Å². The highest BCUT2D eigenvalue weighted by atomic mass is 15.2. The highest BCUT2D eigenvalue weighted by Crippen LogP contribution is 2.47. The molecule has 1 aliphatic heterocycles. The second-order valence-electron chi connectivity index (χ2n) is 7.07. The number of nitrogens with two attached hydrogens (primary N) is 1. The van der Waals surface area contributed by atoms with Gasteiger partial charge in [0, 0.05) is 18.6 Å². The molecule has 0 radical (unpaired) electrons. The monoisotopic (exact) mass is 251 g/mol. The molecule has 3 aliphatic rings. The van der Waals surface area contributed by atoms with Gasteiger partial charge < -0.3 is 15.5 Å². The van der Waals surface area contributed by atoms with Gasteiger partial charge >= 0.3 is 0 Å². The maximum Gasteiger partial charge on any atom is 0.0113 e. The number of hydrogen-bond donors (Lipinski definition) is 1. The fraction of sp³-hybridized carbons (Fsp3) is 1.00. The molecule has 0 spiro atoms. The third kappa shape index (κ3) is 2.33. The second-order valence-corrected chi connectivity index (χ2v) is 7.07. The number of fused-ring (bicyclic) bond motifs is 2. The van der Waals surface area contributed by atoms with Crippen LogP contribution in [-0.2, 0) is 0 Å². The molecular weight excluding hydrogens is 222 g/mol. The number of rotatable bonds is 3. The topological polar surface area (TPSA) is 32.5 Å². The van der Waals surface area contributed by atoms with E-state index in [1.807, 2.05) is 0 Å². The van der Waals surface area contributed by atoms with Crippen LogP contribution >= 0.6 is 0 Å². The van der Waals surface area contributed by atoms with E-state index in [0.29, 0.717) is 6.04 Å². The molecular formula is C15H29N3. The van der Waals surface area contributed by atoms with Gasteiger partial charge in [0.2, 0.25) is 0 Å². The van der Waals surface area contributed by atoms with Gasteiger partial charge in [-0.1, -0.05) is 0 Å². The Balaban J connectivity index is 1.50. The van der Waals surface area contributed by atoms with E-state index in [-0.39, 0.29) is 0 Å². The van der Waals surface area contributed by atoms with E-state index in [9.17, 15) is 0 Å². The van der Waals surface area contributed by atoms with Gasteiger partial charge in [0.15, 0.2) is 0 Å². The molecule has 0 aromatic heterocycles. The van der Waals surface area contributed by atoms with E-state index in [1.165, 1.54) is 51.7 Å². The Hall–Kier alpha value is -0.120. The summed E-state index contributed by atoms with van der Waals surface area (Å²) in [7, 11) is 4.43. The summed E-state index contributed by atoms with van der Waals surface area (Å²) < 4.78 is 0. The maximum absolute atomic E-state index is 6.42. The molecule has 3 nitrogen and oxygen atoms in total. The van der Waals surface area contributed by atoms with Gasteiger partial charge in [-0.2, -0.15) is 0 Å². The van der Waals surface area contributed by atoms with E-state index in [4.69, 9.17) is 5.73 Å². The van der Waals surface area contributed by atoms with Crippen molar-refractivity contribution in [1.29, 1.82) is 0 Å². The van der Waals surface area contributed by atoms with Crippen LogP contribution in [0.1, 0.15) is 32.1 Å². The fourth-order valence-corrected chi connectivity index (χ4v) is 4.64. The van der Waals surface area contributed by atoms with Crippen LogP contribution in [0.3, 0.4) is 0 Å². The Labute approximate surface area is 112 Å². The minimum absolute atomic E-state index is 0.510. The average Bonchev–Trinajstić information content (AvgIpc) is 2.94. The van der Waals surface area contributed by atoms with Crippen molar-refractivity contribution >= 4 is 0 Å². The van der Waals surface area contributed by atoms with Gasteiger partial charge in [-0.05, 0) is 77.0 Å². The molecule has 1 saturated heterocycles. The van der Waals surface area contributed by atoms with Gasteiger partial charge in [0.25, 0.3) is 0 Å². The standard InChI is InChI=1S/C15H29N3/c1-17(2)13-5-7-18(8-6-13)10-14-11-3-4-12(9-11)15(14)16/h11-15H,3-10,16H2,1-2H3. The molecule has 4 unspecified atom stereocenters. The zero-order valence-corrected chi connectivity index (χ0v) is 12.0. The molecule has 0 amide bonds. The molecule has 0 aromatic rings. The summed E-state index contributed by atoms with van der Waals surface area (Å²) in [6.07, 6.45) is 6.97. The quantitative estimate of drug-likeness (QED) is 0.822. The maximum atomic E-state index is 6.42. The molecule has 2 N–H and O–H groups in total. The summed E-state index contributed by atoms with van der Waals surface area (Å²) in [5.41, 5.74) is 6.42. The largest absolute Gasteiger partial charge is 0.327 e. The smallest absolute Gasteiger partial charge is 0.0113 e. The van der Waals surface area contributed by atoms with Crippen molar-refractivity contribution in [2.75, 3.05) is 33.7 Å². The van der Waals surface area contributed by atoms with Crippen LogP contribution in [0.15, 0.2) is 0 Å². The van der Waals surface area contributed by atoms with Crippen molar-refractivity contribution in [3.05, 3.63) is 0 Å². The Morgan fingerprint density at radius 2 is 1.72 bits per heavy atom. The summed E-state index contributed by atoms with van der Waals surface area (Å²) >= 11 is 0. The molecule has 3 rings (SSSR count). The minimum atomic E-state index is 0.510. The van der Waals surface area contributed by atoms with Crippen LogP contribution < -0.4 is 5.73 Å². The molecule has 3 heteroatoms. The Kier molecular flexibility index (Phi) is 3.65. The molecule has 0 aromatic carbocycles. The SMILES string of the molecule is CN(C)C1CCN(CC2C3CCC(C3)C2N)CC1. The summed E-state index contributed by atoms with van der Waals surface area (Å²) in [4.78, 5) is 5.08. The summed E-state index contributed by atoms with van der Waals surface area (Å²) in [5.74, 6) is 2.62. The highest BCUT2D eigenvalue weighted by molar-refractivity contribution is 5.00. The van der Waals surface area contributed by atoms with Crippen LogP contribution in [0.25, 0.3) is 0 Å². The number of nitrogens with zero attached hydrogens (tertiary/aromatic N) is 2. The molecule has 2 bridgehead atoms. The fourth-order valence-electron chi connectivity index (χ4n) is 4.64.